The number of carbonyl (C=O) groups is 3. The summed E-state index contributed by atoms with van der Waals surface area (Å²) in [6.45, 7) is 7.74. The molecule has 0 spiro atoms. The number of carbonyl (C=O) groups excluding carboxylic acids is 3. The van der Waals surface area contributed by atoms with Crippen LogP contribution in [0.15, 0.2) is 48.5 Å². The number of amides is 3. The normalized spacial score (nSPS) is 10.8. The maximum Gasteiger partial charge on any atom is 0.269 e. The van der Waals surface area contributed by atoms with Gasteiger partial charge in [0, 0.05) is 18.2 Å². The van der Waals surface area contributed by atoms with Gasteiger partial charge in [-0.2, -0.15) is 0 Å². The summed E-state index contributed by atoms with van der Waals surface area (Å²) in [4.78, 5) is 35.1. The van der Waals surface area contributed by atoms with Crippen molar-refractivity contribution in [2.75, 3.05) is 5.32 Å². The molecule has 27 heavy (non-hydrogen) atoms. The molecule has 0 unspecified atom stereocenters. The topological polar surface area (TPSA) is 87.3 Å². The molecule has 2 rings (SSSR count). The van der Waals surface area contributed by atoms with Crippen LogP contribution < -0.4 is 16.2 Å². The molecule has 2 aromatic rings. The van der Waals surface area contributed by atoms with Crippen molar-refractivity contribution in [3.8, 4) is 0 Å². The van der Waals surface area contributed by atoms with E-state index in [-0.39, 0.29) is 29.6 Å². The molecule has 0 saturated carbocycles. The first-order valence-corrected chi connectivity index (χ1v) is 8.71. The van der Waals surface area contributed by atoms with Gasteiger partial charge in [-0.15, -0.1) is 0 Å². The molecule has 0 radical (unpaired) electrons. The summed E-state index contributed by atoms with van der Waals surface area (Å²) >= 11 is 0. The first-order valence-electron chi connectivity index (χ1n) is 8.71. The summed E-state index contributed by atoms with van der Waals surface area (Å²) in [5.74, 6) is -0.856. The molecule has 3 N–H and O–H groups in total. The van der Waals surface area contributed by atoms with Crippen LogP contribution in [0.25, 0.3) is 0 Å². The molecule has 0 fully saturated rings. The summed E-state index contributed by atoms with van der Waals surface area (Å²) in [6, 6.07) is 14.2. The smallest absolute Gasteiger partial charge is 0.269 e. The molecular formula is C21H25N3O3. The van der Waals surface area contributed by atoms with E-state index >= 15 is 0 Å². The van der Waals surface area contributed by atoms with E-state index in [0.29, 0.717) is 11.3 Å². The van der Waals surface area contributed by atoms with Gasteiger partial charge in [0.2, 0.25) is 11.8 Å². The fraction of sp³-hybridized carbons (Fsp3) is 0.286. The molecule has 0 atom stereocenters. The van der Waals surface area contributed by atoms with E-state index in [4.69, 9.17) is 0 Å². The van der Waals surface area contributed by atoms with Crippen LogP contribution in [0.5, 0.6) is 0 Å². The third-order valence-corrected chi connectivity index (χ3v) is 3.97. The first-order chi connectivity index (χ1) is 12.6. The molecule has 0 aliphatic rings. The van der Waals surface area contributed by atoms with Gasteiger partial charge in [-0.1, -0.05) is 45.0 Å². The van der Waals surface area contributed by atoms with Crippen LogP contribution in [0.1, 0.15) is 49.2 Å². The maximum absolute atomic E-state index is 12.1. The maximum atomic E-state index is 12.1. The van der Waals surface area contributed by atoms with Gasteiger partial charge in [-0.05, 0) is 40.8 Å². The van der Waals surface area contributed by atoms with Crippen LogP contribution in [-0.2, 0) is 21.4 Å². The van der Waals surface area contributed by atoms with E-state index in [2.05, 4.69) is 36.9 Å². The van der Waals surface area contributed by atoms with Crippen molar-refractivity contribution in [1.29, 1.82) is 0 Å². The lowest BCUT2D eigenvalue weighted by molar-refractivity contribution is -0.121. The van der Waals surface area contributed by atoms with Crippen LogP contribution >= 0.6 is 0 Å². The minimum Gasteiger partial charge on any atom is -0.326 e. The molecule has 3 amide bonds. The Labute approximate surface area is 159 Å². The lowest BCUT2D eigenvalue weighted by Gasteiger charge is -2.19. The van der Waals surface area contributed by atoms with Gasteiger partial charge in [-0.3, -0.25) is 25.2 Å². The number of anilines is 1. The highest BCUT2D eigenvalue weighted by atomic mass is 16.2. The molecular weight excluding hydrogens is 342 g/mol. The molecule has 0 saturated heterocycles. The monoisotopic (exact) mass is 367 g/mol. The molecule has 0 heterocycles. The van der Waals surface area contributed by atoms with Crippen LogP contribution in [0.3, 0.4) is 0 Å². The minimum atomic E-state index is -0.371. The predicted octanol–water partition coefficient (Wildman–Crippen LogP) is 2.95. The Bertz CT molecular complexity index is 819. The second kappa shape index (κ2) is 8.49. The van der Waals surface area contributed by atoms with E-state index in [9.17, 15) is 14.4 Å². The number of hydrogen-bond acceptors (Lipinski definition) is 3. The lowest BCUT2D eigenvalue weighted by Crippen LogP contribution is -2.42. The summed E-state index contributed by atoms with van der Waals surface area (Å²) in [5.41, 5.74) is 7.88. The number of rotatable bonds is 4. The Balaban J connectivity index is 1.86. The first kappa shape index (κ1) is 20.2. The average Bonchev–Trinajstić information content (AvgIpc) is 2.60. The molecule has 0 aliphatic heterocycles. The van der Waals surface area contributed by atoms with E-state index in [1.807, 2.05) is 12.1 Å². The van der Waals surface area contributed by atoms with Gasteiger partial charge in [0.1, 0.15) is 0 Å². The van der Waals surface area contributed by atoms with Crippen molar-refractivity contribution in [2.24, 2.45) is 0 Å². The fourth-order valence-electron chi connectivity index (χ4n) is 2.46. The Kier molecular flexibility index (Phi) is 6.34. The van der Waals surface area contributed by atoms with Gasteiger partial charge in [0.15, 0.2) is 0 Å². The third kappa shape index (κ3) is 6.26. The standard InChI is InChI=1S/C21H25N3O3/c1-14(25)22-18-11-5-15(6-12-18)13-19(26)23-24-20(27)16-7-9-17(10-8-16)21(2,3)4/h5-12H,13H2,1-4H3,(H,22,25)(H,23,26)(H,24,27). The van der Waals surface area contributed by atoms with Crippen molar-refractivity contribution in [2.45, 2.75) is 39.5 Å². The van der Waals surface area contributed by atoms with E-state index in [1.165, 1.54) is 6.92 Å². The second-order valence-electron chi connectivity index (χ2n) is 7.38. The van der Waals surface area contributed by atoms with Crippen LogP contribution in [0.2, 0.25) is 0 Å². The van der Waals surface area contributed by atoms with E-state index < -0.39 is 0 Å². The average molecular weight is 367 g/mol. The molecule has 0 bridgehead atoms. The van der Waals surface area contributed by atoms with Gasteiger partial charge in [-0.25, -0.2) is 0 Å². The van der Waals surface area contributed by atoms with Crippen molar-refractivity contribution >= 4 is 23.4 Å². The van der Waals surface area contributed by atoms with Gasteiger partial charge >= 0.3 is 0 Å². The lowest BCUT2D eigenvalue weighted by atomic mass is 9.87. The van der Waals surface area contributed by atoms with Gasteiger partial charge in [0.05, 0.1) is 6.42 Å². The zero-order valence-corrected chi connectivity index (χ0v) is 16.1. The van der Waals surface area contributed by atoms with Crippen molar-refractivity contribution in [3.63, 3.8) is 0 Å². The highest BCUT2D eigenvalue weighted by molar-refractivity contribution is 5.95. The minimum absolute atomic E-state index is 0.0126. The quantitative estimate of drug-likeness (QED) is 0.726. The Morgan fingerprint density at radius 3 is 1.96 bits per heavy atom. The van der Waals surface area contributed by atoms with Crippen molar-refractivity contribution in [1.82, 2.24) is 10.9 Å². The van der Waals surface area contributed by atoms with Crippen LogP contribution in [0, 0.1) is 0 Å². The highest BCUT2D eigenvalue weighted by Crippen LogP contribution is 2.22. The SMILES string of the molecule is CC(=O)Nc1ccc(CC(=O)NNC(=O)c2ccc(C(C)(C)C)cc2)cc1. The summed E-state index contributed by atoms with van der Waals surface area (Å²) in [5, 5.41) is 2.66. The Morgan fingerprint density at radius 1 is 0.852 bits per heavy atom. The summed E-state index contributed by atoms with van der Waals surface area (Å²) < 4.78 is 0. The third-order valence-electron chi connectivity index (χ3n) is 3.97. The number of hydrogen-bond donors (Lipinski definition) is 3. The van der Waals surface area contributed by atoms with Crippen molar-refractivity contribution < 1.29 is 14.4 Å². The molecule has 0 aliphatic carbocycles. The number of benzene rings is 2. The zero-order valence-electron chi connectivity index (χ0n) is 16.1. The highest BCUT2D eigenvalue weighted by Gasteiger charge is 2.14. The Morgan fingerprint density at radius 2 is 1.44 bits per heavy atom. The zero-order chi connectivity index (χ0) is 20.0. The molecule has 6 nitrogen and oxygen atoms in total. The summed E-state index contributed by atoms with van der Waals surface area (Å²) in [6.07, 6.45) is 0.115. The van der Waals surface area contributed by atoms with Crippen LogP contribution in [0.4, 0.5) is 5.69 Å². The van der Waals surface area contributed by atoms with E-state index in [0.717, 1.165) is 11.1 Å². The van der Waals surface area contributed by atoms with Gasteiger partial charge in [0.25, 0.3) is 5.91 Å². The number of hydrazine groups is 1. The largest absolute Gasteiger partial charge is 0.326 e. The summed E-state index contributed by atoms with van der Waals surface area (Å²) in [7, 11) is 0. The second-order valence-corrected chi connectivity index (χ2v) is 7.38. The van der Waals surface area contributed by atoms with Crippen molar-refractivity contribution in [3.05, 3.63) is 65.2 Å². The number of nitrogens with one attached hydrogen (secondary N) is 3. The van der Waals surface area contributed by atoms with E-state index in [1.54, 1.807) is 36.4 Å². The molecule has 142 valence electrons. The molecule has 0 aromatic heterocycles. The molecule has 2 aromatic carbocycles. The van der Waals surface area contributed by atoms with Gasteiger partial charge < -0.3 is 5.32 Å². The predicted molar refractivity (Wildman–Crippen MR) is 105 cm³/mol. The Hall–Kier alpha value is -3.15. The fourth-order valence-corrected chi connectivity index (χ4v) is 2.46. The molecule has 6 heteroatoms. The van der Waals surface area contributed by atoms with Crippen LogP contribution in [-0.4, -0.2) is 17.7 Å².